The maximum absolute atomic E-state index is 11.8. The summed E-state index contributed by atoms with van der Waals surface area (Å²) in [6, 6.07) is 1.06. The van der Waals surface area contributed by atoms with Gasteiger partial charge in [-0.2, -0.15) is 8.42 Å². The molecule has 6 N–H and O–H groups in total. The van der Waals surface area contributed by atoms with E-state index in [1.807, 2.05) is 5.32 Å². The van der Waals surface area contributed by atoms with E-state index in [4.69, 9.17) is 5.11 Å². The van der Waals surface area contributed by atoms with Gasteiger partial charge in [-0.3, -0.25) is 14.4 Å². The summed E-state index contributed by atoms with van der Waals surface area (Å²) in [4.78, 5) is 34.1. The van der Waals surface area contributed by atoms with Crippen LogP contribution in [-0.4, -0.2) is 59.3 Å². The number of rotatable bonds is 4. The molecule has 12 nitrogen and oxygen atoms in total. The van der Waals surface area contributed by atoms with Gasteiger partial charge >= 0.3 is 22.3 Å². The molecule has 0 unspecified atom stereocenters. The van der Waals surface area contributed by atoms with Crippen molar-refractivity contribution < 1.29 is 38.1 Å². The minimum absolute atomic E-state index is 0.330. The van der Waals surface area contributed by atoms with Gasteiger partial charge in [0.25, 0.3) is 5.91 Å². The molecule has 0 saturated carbocycles. The number of phenols is 2. The zero-order chi connectivity index (χ0) is 18.1. The van der Waals surface area contributed by atoms with E-state index in [9.17, 15) is 33.0 Å². The molecule has 0 radical (unpaired) electrons. The van der Waals surface area contributed by atoms with Gasteiger partial charge in [0, 0.05) is 0 Å². The molecular weight excluding hydrogens is 348 g/mol. The van der Waals surface area contributed by atoms with Gasteiger partial charge in [-0.15, -0.1) is 0 Å². The maximum Gasteiger partial charge on any atom is 0.405 e. The predicted molar refractivity (Wildman–Crippen MR) is 77.5 cm³/mol. The number of phenolic OH excluding ortho intramolecular Hbond substituents is 2. The zero-order valence-corrected chi connectivity index (χ0v) is 12.6. The minimum atomic E-state index is -4.51. The van der Waals surface area contributed by atoms with Crippen molar-refractivity contribution in [1.82, 2.24) is 14.9 Å². The third kappa shape index (κ3) is 3.57. The predicted octanol–water partition coefficient (Wildman–Crippen LogP) is -1.06. The van der Waals surface area contributed by atoms with Crippen molar-refractivity contribution in [2.24, 2.45) is 0 Å². The van der Waals surface area contributed by atoms with E-state index in [0.717, 1.165) is 12.1 Å². The van der Waals surface area contributed by atoms with Gasteiger partial charge < -0.3 is 20.6 Å². The lowest BCUT2D eigenvalue weighted by atomic mass is 10.1. The monoisotopic (exact) mass is 360 g/mol. The van der Waals surface area contributed by atoms with E-state index in [2.05, 4.69) is 0 Å². The number of hydrogen-bond donors (Lipinski definition) is 6. The van der Waals surface area contributed by atoms with Gasteiger partial charge in [0.05, 0.1) is 12.2 Å². The number of hydrogen-bond acceptors (Lipinski definition) is 7. The third-order valence-corrected chi connectivity index (χ3v) is 3.88. The molecule has 1 heterocycles. The van der Waals surface area contributed by atoms with E-state index in [0.29, 0.717) is 4.90 Å². The van der Waals surface area contributed by atoms with Crippen LogP contribution in [0.1, 0.15) is 0 Å². The summed E-state index contributed by atoms with van der Waals surface area (Å²) < 4.78 is 26.9. The van der Waals surface area contributed by atoms with Crippen LogP contribution in [0.5, 0.6) is 11.5 Å². The Labute approximate surface area is 134 Å². The number of carbonyl (C=O) groups is 3. The number of nitrogens with zero attached hydrogens (tertiary/aromatic N) is 1. The second-order valence-corrected chi connectivity index (χ2v) is 6.05. The summed E-state index contributed by atoms with van der Waals surface area (Å²) >= 11 is 0. The Morgan fingerprint density at radius 1 is 1.25 bits per heavy atom. The average Bonchev–Trinajstić information content (AvgIpc) is 2.46. The SMILES string of the molecule is O=C(O)N[C@H]1CN(C(=O)NS(=O)(=O)Nc2cccc(O)c2O)C1=O. The van der Waals surface area contributed by atoms with Crippen molar-refractivity contribution in [1.29, 1.82) is 0 Å². The number of β-lactam (4-membered cyclic amide) rings is 1. The van der Waals surface area contributed by atoms with Crippen LogP contribution in [0.25, 0.3) is 0 Å². The van der Waals surface area contributed by atoms with Crippen LogP contribution in [0.15, 0.2) is 18.2 Å². The fourth-order valence-electron chi connectivity index (χ4n) is 1.82. The summed E-state index contributed by atoms with van der Waals surface area (Å²) in [5.74, 6) is -2.24. The first kappa shape index (κ1) is 17.1. The van der Waals surface area contributed by atoms with Crippen LogP contribution < -0.4 is 14.8 Å². The quantitative estimate of drug-likeness (QED) is 0.290. The maximum atomic E-state index is 11.8. The molecule has 4 amide bonds. The van der Waals surface area contributed by atoms with Crippen molar-refractivity contribution in [3.63, 3.8) is 0 Å². The lowest BCUT2D eigenvalue weighted by Gasteiger charge is -2.35. The Balaban J connectivity index is 2.00. The minimum Gasteiger partial charge on any atom is -0.504 e. The number of anilines is 1. The largest absolute Gasteiger partial charge is 0.504 e. The highest BCUT2D eigenvalue weighted by molar-refractivity contribution is 7.91. The molecule has 13 heteroatoms. The number of urea groups is 1. The summed E-state index contributed by atoms with van der Waals surface area (Å²) in [5, 5.41) is 29.1. The number of likely N-dealkylation sites (tertiary alicyclic amines) is 1. The molecule has 1 aromatic rings. The van der Waals surface area contributed by atoms with Gasteiger partial charge in [0.2, 0.25) is 0 Å². The number of benzene rings is 1. The Hall–Kier alpha value is -3.22. The Bertz CT molecular complexity index is 808. The molecule has 1 saturated heterocycles. The standard InChI is InChI=1S/C11H12N4O8S/c16-7-3-1-2-5(8(7)17)13-24(22,23)14-10(19)15-4-6(9(15)18)12-11(20)21/h1-3,6,12-13,16-17H,4H2,(H,14,19)(H,20,21)/t6-/m0/s1. The van der Waals surface area contributed by atoms with Crippen LogP contribution in [-0.2, 0) is 15.0 Å². The lowest BCUT2D eigenvalue weighted by Crippen LogP contribution is -2.67. The van der Waals surface area contributed by atoms with E-state index in [1.165, 1.54) is 10.8 Å². The molecule has 1 atom stereocenters. The van der Waals surface area contributed by atoms with Crippen molar-refractivity contribution >= 4 is 33.9 Å². The summed E-state index contributed by atoms with van der Waals surface area (Å²) in [6.07, 6.45) is -1.46. The summed E-state index contributed by atoms with van der Waals surface area (Å²) in [6.45, 7) is -0.330. The Morgan fingerprint density at radius 2 is 1.92 bits per heavy atom. The molecular formula is C11H12N4O8S. The number of amides is 4. The number of carboxylic acid groups (broad SMARTS) is 1. The molecule has 1 aromatic carbocycles. The van der Waals surface area contributed by atoms with Gasteiger partial charge in [-0.05, 0) is 12.1 Å². The first-order valence-electron chi connectivity index (χ1n) is 6.27. The van der Waals surface area contributed by atoms with Crippen LogP contribution >= 0.6 is 0 Å². The number of carbonyl (C=O) groups excluding carboxylic acids is 2. The lowest BCUT2D eigenvalue weighted by molar-refractivity contribution is -0.138. The molecule has 130 valence electrons. The number of para-hydroxylation sites is 1. The highest BCUT2D eigenvalue weighted by atomic mass is 32.2. The van der Waals surface area contributed by atoms with Crippen molar-refractivity contribution in [2.75, 3.05) is 11.3 Å². The van der Waals surface area contributed by atoms with Crippen LogP contribution in [0.3, 0.4) is 0 Å². The van der Waals surface area contributed by atoms with Crippen LogP contribution in [0.2, 0.25) is 0 Å². The fraction of sp³-hybridized carbons (Fsp3) is 0.182. The van der Waals surface area contributed by atoms with Crippen LogP contribution in [0, 0.1) is 0 Å². The molecule has 2 rings (SSSR count). The van der Waals surface area contributed by atoms with E-state index in [-0.39, 0.29) is 6.54 Å². The molecule has 1 aliphatic rings. The van der Waals surface area contributed by atoms with Gasteiger partial charge in [-0.1, -0.05) is 6.07 Å². The molecule has 0 spiro atoms. The Kier molecular flexibility index (Phi) is 4.37. The van der Waals surface area contributed by atoms with Crippen molar-refractivity contribution in [2.45, 2.75) is 6.04 Å². The van der Waals surface area contributed by atoms with Gasteiger partial charge in [-0.25, -0.2) is 14.3 Å². The third-order valence-electron chi connectivity index (χ3n) is 2.95. The highest BCUT2D eigenvalue weighted by Crippen LogP contribution is 2.32. The van der Waals surface area contributed by atoms with Crippen molar-refractivity contribution in [3.8, 4) is 11.5 Å². The molecule has 0 aromatic heterocycles. The van der Waals surface area contributed by atoms with Crippen molar-refractivity contribution in [3.05, 3.63) is 18.2 Å². The topological polar surface area (TPSA) is 185 Å². The van der Waals surface area contributed by atoms with E-state index >= 15 is 0 Å². The molecule has 1 fully saturated rings. The molecule has 24 heavy (non-hydrogen) atoms. The summed E-state index contributed by atoms with van der Waals surface area (Å²) in [7, 11) is -4.51. The fourth-order valence-corrected chi connectivity index (χ4v) is 2.67. The van der Waals surface area contributed by atoms with E-state index in [1.54, 1.807) is 4.72 Å². The smallest absolute Gasteiger partial charge is 0.405 e. The second-order valence-electron chi connectivity index (χ2n) is 4.64. The average molecular weight is 360 g/mol. The highest BCUT2D eigenvalue weighted by Gasteiger charge is 2.42. The first-order valence-corrected chi connectivity index (χ1v) is 7.75. The summed E-state index contributed by atoms with van der Waals surface area (Å²) in [5.41, 5.74) is -0.393. The molecule has 0 bridgehead atoms. The van der Waals surface area contributed by atoms with Gasteiger partial charge in [0.15, 0.2) is 11.5 Å². The van der Waals surface area contributed by atoms with Crippen LogP contribution in [0.4, 0.5) is 15.3 Å². The zero-order valence-electron chi connectivity index (χ0n) is 11.8. The van der Waals surface area contributed by atoms with E-state index < -0.39 is 51.5 Å². The normalized spacial score (nSPS) is 16.9. The molecule has 1 aliphatic heterocycles. The molecule has 0 aliphatic carbocycles. The second kappa shape index (κ2) is 6.11. The number of aromatic hydroxyl groups is 2. The number of imide groups is 1. The first-order chi connectivity index (χ1) is 11.1. The number of nitrogens with one attached hydrogen (secondary N) is 3. The Morgan fingerprint density at radius 3 is 2.50 bits per heavy atom. The van der Waals surface area contributed by atoms with Gasteiger partial charge in [0.1, 0.15) is 6.04 Å².